The zero-order chi connectivity index (χ0) is 20.9. The van der Waals surface area contributed by atoms with Crippen molar-refractivity contribution < 1.29 is 14.3 Å². The first kappa shape index (κ1) is 20.0. The molecule has 0 spiro atoms. The van der Waals surface area contributed by atoms with Crippen molar-refractivity contribution in [3.63, 3.8) is 0 Å². The molecule has 30 heavy (non-hydrogen) atoms. The molecule has 154 valence electrons. The number of fused-ring (bicyclic) bond motifs is 1. The Balaban J connectivity index is 1.48. The van der Waals surface area contributed by atoms with Crippen LogP contribution < -0.4 is 9.47 Å². The molecular formula is C25H26N2O3. The molecular weight excluding hydrogens is 376 g/mol. The van der Waals surface area contributed by atoms with Gasteiger partial charge in [0, 0.05) is 18.3 Å². The Morgan fingerprint density at radius 3 is 2.83 bits per heavy atom. The van der Waals surface area contributed by atoms with Gasteiger partial charge in [0.05, 0.1) is 7.11 Å². The van der Waals surface area contributed by atoms with Crippen LogP contribution in [0.25, 0.3) is 6.08 Å². The van der Waals surface area contributed by atoms with Crippen LogP contribution in [0.3, 0.4) is 0 Å². The average Bonchev–Trinajstić information content (AvgIpc) is 3.44. The number of nitrogens with zero attached hydrogens (tertiary/aromatic N) is 2. The molecule has 0 amide bonds. The summed E-state index contributed by atoms with van der Waals surface area (Å²) in [5, 5.41) is 4.15. The summed E-state index contributed by atoms with van der Waals surface area (Å²) in [7, 11) is 1.65. The van der Waals surface area contributed by atoms with Gasteiger partial charge in [0.25, 0.3) is 0 Å². The van der Waals surface area contributed by atoms with Crippen LogP contribution in [0.15, 0.2) is 54.7 Å². The Bertz CT molecular complexity index is 1080. The minimum absolute atomic E-state index is 0.0684. The van der Waals surface area contributed by atoms with Gasteiger partial charge in [-0.1, -0.05) is 18.2 Å². The second-order valence-corrected chi connectivity index (χ2v) is 7.37. The van der Waals surface area contributed by atoms with Gasteiger partial charge in [0.1, 0.15) is 23.8 Å². The van der Waals surface area contributed by atoms with Crippen LogP contribution in [0, 0.1) is 0 Å². The molecule has 0 N–H and O–H groups in total. The van der Waals surface area contributed by atoms with Crippen molar-refractivity contribution in [2.75, 3.05) is 7.11 Å². The number of aryl methyl sites for hydroxylation is 3. The summed E-state index contributed by atoms with van der Waals surface area (Å²) in [5.41, 5.74) is 5.26. The lowest BCUT2D eigenvalue weighted by Crippen LogP contribution is -2.07. The molecule has 0 bridgehead atoms. The first-order valence-electron chi connectivity index (χ1n) is 10.3. The van der Waals surface area contributed by atoms with Gasteiger partial charge in [-0.05, 0) is 79.3 Å². The topological polar surface area (TPSA) is 53.4 Å². The molecule has 1 aliphatic carbocycles. The Hall–Kier alpha value is -3.34. The second kappa shape index (κ2) is 8.99. The van der Waals surface area contributed by atoms with E-state index in [9.17, 15) is 4.79 Å². The first-order valence-corrected chi connectivity index (χ1v) is 10.3. The summed E-state index contributed by atoms with van der Waals surface area (Å²) in [6.07, 6.45) is 8.55. The van der Waals surface area contributed by atoms with Crippen LogP contribution >= 0.6 is 0 Å². The van der Waals surface area contributed by atoms with E-state index < -0.39 is 0 Å². The largest absolute Gasteiger partial charge is 0.496 e. The maximum atomic E-state index is 12.5. The highest BCUT2D eigenvalue weighted by Gasteiger charge is 2.12. The highest BCUT2D eigenvalue weighted by molar-refractivity contribution is 6.05. The summed E-state index contributed by atoms with van der Waals surface area (Å²) in [6, 6.07) is 13.9. The minimum Gasteiger partial charge on any atom is -0.496 e. The summed E-state index contributed by atoms with van der Waals surface area (Å²) < 4.78 is 13.2. The normalized spacial score (nSPS) is 12.9. The summed E-state index contributed by atoms with van der Waals surface area (Å²) in [5.74, 6) is 1.58. The van der Waals surface area contributed by atoms with E-state index >= 15 is 0 Å². The SMILES string of the molecule is CCn1nccc1C(=O)/C=C/c1ccc(OC)c(COc2ccc3c(c2)CCC3)c1. The third kappa shape index (κ3) is 4.30. The fourth-order valence-electron chi connectivity index (χ4n) is 3.87. The molecule has 4 rings (SSSR count). The van der Waals surface area contributed by atoms with Crippen LogP contribution in [0.1, 0.15) is 46.1 Å². The van der Waals surface area contributed by atoms with E-state index in [1.807, 2.05) is 37.3 Å². The van der Waals surface area contributed by atoms with E-state index in [4.69, 9.17) is 9.47 Å². The average molecular weight is 402 g/mol. The van der Waals surface area contributed by atoms with Crippen molar-refractivity contribution in [2.24, 2.45) is 0 Å². The number of hydrogen-bond acceptors (Lipinski definition) is 4. The Kier molecular flexibility index (Phi) is 5.98. The molecule has 1 heterocycles. The van der Waals surface area contributed by atoms with Gasteiger partial charge in [-0.2, -0.15) is 5.10 Å². The zero-order valence-electron chi connectivity index (χ0n) is 17.4. The first-order chi connectivity index (χ1) is 14.7. The maximum absolute atomic E-state index is 12.5. The predicted octanol–water partition coefficient (Wildman–Crippen LogP) is 4.88. The smallest absolute Gasteiger partial charge is 0.203 e. The molecule has 3 aromatic rings. The number of methoxy groups -OCH3 is 1. The fraction of sp³-hybridized carbons (Fsp3) is 0.280. The lowest BCUT2D eigenvalue weighted by Gasteiger charge is -2.12. The molecule has 0 radical (unpaired) electrons. The molecule has 2 aromatic carbocycles. The van der Waals surface area contributed by atoms with Crippen molar-refractivity contribution in [3.05, 3.63) is 82.7 Å². The molecule has 0 saturated carbocycles. The van der Waals surface area contributed by atoms with Gasteiger partial charge in [-0.3, -0.25) is 9.48 Å². The Morgan fingerprint density at radius 1 is 1.13 bits per heavy atom. The van der Waals surface area contributed by atoms with Gasteiger partial charge in [0.15, 0.2) is 0 Å². The number of ether oxygens (including phenoxy) is 2. The second-order valence-electron chi connectivity index (χ2n) is 7.37. The molecule has 0 fully saturated rings. The summed E-state index contributed by atoms with van der Waals surface area (Å²) in [4.78, 5) is 12.5. The van der Waals surface area contributed by atoms with E-state index in [-0.39, 0.29) is 5.78 Å². The van der Waals surface area contributed by atoms with Crippen LogP contribution in [-0.2, 0) is 26.0 Å². The number of carbonyl (C=O) groups excluding carboxylic acids is 1. The monoisotopic (exact) mass is 402 g/mol. The highest BCUT2D eigenvalue weighted by Crippen LogP contribution is 2.28. The predicted molar refractivity (Wildman–Crippen MR) is 117 cm³/mol. The molecule has 5 heteroatoms. The number of hydrogen-bond donors (Lipinski definition) is 0. The van der Waals surface area contributed by atoms with Gasteiger partial charge in [-0.25, -0.2) is 0 Å². The van der Waals surface area contributed by atoms with Gasteiger partial charge < -0.3 is 9.47 Å². The summed E-state index contributed by atoms with van der Waals surface area (Å²) in [6.45, 7) is 3.03. The molecule has 0 saturated heterocycles. The minimum atomic E-state index is -0.0684. The number of benzene rings is 2. The standard InChI is InChI=1S/C25H26N2O3/c1-3-27-23(13-14-26-27)24(28)11-7-18-8-12-25(29-2)21(15-18)17-30-22-10-9-19-5-4-6-20(19)16-22/h7-16H,3-6,17H2,1-2H3/b11-7+. The zero-order valence-corrected chi connectivity index (χ0v) is 17.4. The van der Waals surface area contributed by atoms with Gasteiger partial charge >= 0.3 is 0 Å². The van der Waals surface area contributed by atoms with Crippen LogP contribution in [-0.4, -0.2) is 22.7 Å². The molecule has 1 aliphatic rings. The summed E-state index contributed by atoms with van der Waals surface area (Å²) >= 11 is 0. The van der Waals surface area contributed by atoms with E-state index in [2.05, 4.69) is 17.2 Å². The van der Waals surface area contributed by atoms with Crippen LogP contribution in [0.5, 0.6) is 11.5 Å². The number of carbonyl (C=O) groups is 1. The quantitative estimate of drug-likeness (QED) is 0.398. The Labute approximate surface area is 176 Å². The van der Waals surface area contributed by atoms with E-state index in [0.717, 1.165) is 35.5 Å². The maximum Gasteiger partial charge on any atom is 0.203 e. The van der Waals surface area contributed by atoms with Crippen molar-refractivity contribution in [2.45, 2.75) is 39.3 Å². The fourth-order valence-corrected chi connectivity index (χ4v) is 3.87. The number of rotatable bonds is 8. The van der Waals surface area contributed by atoms with Crippen molar-refractivity contribution in [3.8, 4) is 11.5 Å². The van der Waals surface area contributed by atoms with Crippen LogP contribution in [0.2, 0.25) is 0 Å². The third-order valence-corrected chi connectivity index (χ3v) is 5.46. The molecule has 0 aliphatic heterocycles. The number of aromatic nitrogens is 2. The lowest BCUT2D eigenvalue weighted by molar-refractivity contribution is 0.103. The van der Waals surface area contributed by atoms with E-state index in [1.54, 1.807) is 30.1 Å². The van der Waals surface area contributed by atoms with Gasteiger partial charge in [-0.15, -0.1) is 0 Å². The number of ketones is 1. The van der Waals surface area contributed by atoms with E-state index in [0.29, 0.717) is 18.8 Å². The van der Waals surface area contributed by atoms with Gasteiger partial charge in [0.2, 0.25) is 5.78 Å². The molecule has 5 nitrogen and oxygen atoms in total. The van der Waals surface area contributed by atoms with E-state index in [1.165, 1.54) is 17.5 Å². The molecule has 0 atom stereocenters. The lowest BCUT2D eigenvalue weighted by atomic mass is 10.1. The highest BCUT2D eigenvalue weighted by atomic mass is 16.5. The third-order valence-electron chi connectivity index (χ3n) is 5.46. The molecule has 0 unspecified atom stereocenters. The van der Waals surface area contributed by atoms with Crippen LogP contribution in [0.4, 0.5) is 0 Å². The van der Waals surface area contributed by atoms with Crippen molar-refractivity contribution in [1.82, 2.24) is 9.78 Å². The Morgan fingerprint density at radius 2 is 2.00 bits per heavy atom. The molecule has 1 aromatic heterocycles. The van der Waals surface area contributed by atoms with Crippen molar-refractivity contribution in [1.29, 1.82) is 0 Å². The van der Waals surface area contributed by atoms with Crippen molar-refractivity contribution >= 4 is 11.9 Å². The number of allylic oxidation sites excluding steroid dienone is 1.